The van der Waals surface area contributed by atoms with Crippen LogP contribution in [0.15, 0.2) is 60.7 Å². The molecule has 2 atom stereocenters. The minimum atomic E-state index is -2.84. The summed E-state index contributed by atoms with van der Waals surface area (Å²) in [5.41, 5.74) is 7.93. The van der Waals surface area contributed by atoms with Crippen LogP contribution in [-0.2, 0) is 13.0 Å². The third kappa shape index (κ3) is 3.18. The first-order valence-electron chi connectivity index (χ1n) is 7.51. The van der Waals surface area contributed by atoms with Crippen molar-refractivity contribution in [2.75, 3.05) is 6.54 Å². The van der Waals surface area contributed by atoms with Gasteiger partial charge in [0.15, 0.2) is 0 Å². The maximum Gasteiger partial charge on any atom is 0.276 e. The SMILES string of the molecule is NC1C(Cc2ccccc2)N(Cc2ccccc2)CC1(F)F. The lowest BCUT2D eigenvalue weighted by atomic mass is 9.99. The molecule has 1 saturated heterocycles. The Bertz CT molecular complexity index is 601. The summed E-state index contributed by atoms with van der Waals surface area (Å²) in [4.78, 5) is 1.81. The smallest absolute Gasteiger partial charge is 0.276 e. The van der Waals surface area contributed by atoms with Crippen molar-refractivity contribution in [3.05, 3.63) is 71.8 Å². The number of rotatable bonds is 4. The molecule has 1 fully saturated rings. The average Bonchev–Trinajstić information content (AvgIpc) is 2.72. The Hall–Kier alpha value is -1.78. The Kier molecular flexibility index (Phi) is 4.23. The van der Waals surface area contributed by atoms with E-state index in [4.69, 9.17) is 5.73 Å². The van der Waals surface area contributed by atoms with E-state index in [1.165, 1.54) is 0 Å². The van der Waals surface area contributed by atoms with Crippen LogP contribution in [0.3, 0.4) is 0 Å². The van der Waals surface area contributed by atoms with Crippen LogP contribution < -0.4 is 5.73 Å². The Labute approximate surface area is 129 Å². The van der Waals surface area contributed by atoms with Gasteiger partial charge in [-0.2, -0.15) is 0 Å². The highest BCUT2D eigenvalue weighted by molar-refractivity contribution is 5.20. The van der Waals surface area contributed by atoms with E-state index in [1.54, 1.807) is 0 Å². The molecule has 0 amide bonds. The van der Waals surface area contributed by atoms with Gasteiger partial charge in [-0.25, -0.2) is 8.78 Å². The fraction of sp³-hybridized carbons (Fsp3) is 0.333. The van der Waals surface area contributed by atoms with Crippen molar-refractivity contribution in [2.45, 2.75) is 31.0 Å². The molecular formula is C18H20F2N2. The van der Waals surface area contributed by atoms with Crippen molar-refractivity contribution in [3.8, 4) is 0 Å². The van der Waals surface area contributed by atoms with Gasteiger partial charge in [-0.1, -0.05) is 60.7 Å². The van der Waals surface area contributed by atoms with Crippen molar-refractivity contribution in [1.29, 1.82) is 0 Å². The van der Waals surface area contributed by atoms with Gasteiger partial charge in [0, 0.05) is 12.6 Å². The highest BCUT2D eigenvalue weighted by Gasteiger charge is 2.52. The monoisotopic (exact) mass is 302 g/mol. The predicted octanol–water partition coefficient (Wildman–Crippen LogP) is 3.08. The van der Waals surface area contributed by atoms with E-state index in [2.05, 4.69) is 0 Å². The fourth-order valence-electron chi connectivity index (χ4n) is 3.10. The van der Waals surface area contributed by atoms with Crippen LogP contribution in [0.25, 0.3) is 0 Å². The molecule has 2 N–H and O–H groups in total. The number of halogens is 2. The lowest BCUT2D eigenvalue weighted by Crippen LogP contribution is -2.46. The van der Waals surface area contributed by atoms with E-state index in [9.17, 15) is 8.78 Å². The summed E-state index contributed by atoms with van der Waals surface area (Å²) in [6.45, 7) is 0.224. The van der Waals surface area contributed by atoms with E-state index in [1.807, 2.05) is 65.6 Å². The minimum absolute atomic E-state index is 0.277. The summed E-state index contributed by atoms with van der Waals surface area (Å²) < 4.78 is 28.2. The molecule has 2 aromatic rings. The zero-order chi connectivity index (χ0) is 15.6. The van der Waals surface area contributed by atoms with Crippen molar-refractivity contribution in [1.82, 2.24) is 4.90 Å². The number of nitrogens with zero attached hydrogens (tertiary/aromatic N) is 1. The summed E-state index contributed by atoms with van der Waals surface area (Å²) in [6.07, 6.45) is 0.546. The predicted molar refractivity (Wildman–Crippen MR) is 83.7 cm³/mol. The fourth-order valence-corrected chi connectivity index (χ4v) is 3.10. The zero-order valence-corrected chi connectivity index (χ0v) is 12.3. The molecule has 0 aromatic heterocycles. The van der Waals surface area contributed by atoms with Gasteiger partial charge >= 0.3 is 0 Å². The summed E-state index contributed by atoms with van der Waals surface area (Å²) in [7, 11) is 0. The molecule has 2 aromatic carbocycles. The molecule has 2 unspecified atom stereocenters. The summed E-state index contributed by atoms with van der Waals surface area (Å²) in [5, 5.41) is 0. The van der Waals surface area contributed by atoms with E-state index in [-0.39, 0.29) is 12.6 Å². The lowest BCUT2D eigenvalue weighted by molar-refractivity contribution is -0.00222. The molecule has 0 aliphatic carbocycles. The number of hydrogen-bond donors (Lipinski definition) is 1. The maximum atomic E-state index is 14.1. The van der Waals surface area contributed by atoms with Gasteiger partial charge in [-0.3, -0.25) is 4.90 Å². The molecule has 2 nitrogen and oxygen atoms in total. The third-order valence-corrected chi connectivity index (χ3v) is 4.30. The van der Waals surface area contributed by atoms with Gasteiger partial charge in [0.2, 0.25) is 0 Å². The largest absolute Gasteiger partial charge is 0.321 e. The lowest BCUT2D eigenvalue weighted by Gasteiger charge is -2.26. The highest BCUT2D eigenvalue weighted by Crippen LogP contribution is 2.33. The number of hydrogen-bond acceptors (Lipinski definition) is 2. The quantitative estimate of drug-likeness (QED) is 0.940. The second-order valence-corrected chi connectivity index (χ2v) is 5.93. The van der Waals surface area contributed by atoms with Gasteiger partial charge in [0.1, 0.15) is 0 Å². The number of likely N-dealkylation sites (tertiary alicyclic amines) is 1. The van der Waals surface area contributed by atoms with Gasteiger partial charge < -0.3 is 5.73 Å². The van der Waals surface area contributed by atoms with E-state index < -0.39 is 12.0 Å². The maximum absolute atomic E-state index is 14.1. The van der Waals surface area contributed by atoms with Gasteiger partial charge in [-0.05, 0) is 17.5 Å². The molecular weight excluding hydrogens is 282 g/mol. The van der Waals surface area contributed by atoms with Crippen LogP contribution in [-0.4, -0.2) is 29.5 Å². The summed E-state index contributed by atoms with van der Waals surface area (Å²) in [5.74, 6) is -2.84. The second-order valence-electron chi connectivity index (χ2n) is 5.93. The van der Waals surface area contributed by atoms with Crippen LogP contribution in [0, 0.1) is 0 Å². The van der Waals surface area contributed by atoms with Crippen molar-refractivity contribution in [3.63, 3.8) is 0 Å². The van der Waals surface area contributed by atoms with Crippen molar-refractivity contribution >= 4 is 0 Å². The molecule has 0 bridgehead atoms. The third-order valence-electron chi connectivity index (χ3n) is 4.30. The van der Waals surface area contributed by atoms with Gasteiger partial charge in [0.05, 0.1) is 12.6 Å². The molecule has 22 heavy (non-hydrogen) atoms. The number of benzene rings is 2. The molecule has 3 rings (SSSR count). The van der Waals surface area contributed by atoms with Gasteiger partial charge in [-0.15, -0.1) is 0 Å². The Morgan fingerprint density at radius 1 is 0.955 bits per heavy atom. The Balaban J connectivity index is 1.80. The Morgan fingerprint density at radius 2 is 1.50 bits per heavy atom. The van der Waals surface area contributed by atoms with Crippen LogP contribution in [0.2, 0.25) is 0 Å². The van der Waals surface area contributed by atoms with Crippen molar-refractivity contribution in [2.24, 2.45) is 5.73 Å². The summed E-state index contributed by atoms with van der Waals surface area (Å²) >= 11 is 0. The van der Waals surface area contributed by atoms with E-state index >= 15 is 0 Å². The molecule has 1 aliphatic heterocycles. The first-order valence-corrected chi connectivity index (χ1v) is 7.51. The summed E-state index contributed by atoms with van der Waals surface area (Å²) in [6, 6.07) is 17.9. The van der Waals surface area contributed by atoms with Crippen molar-refractivity contribution < 1.29 is 8.78 Å². The first kappa shape index (κ1) is 15.1. The van der Waals surface area contributed by atoms with Crippen LogP contribution in [0.4, 0.5) is 8.78 Å². The van der Waals surface area contributed by atoms with Gasteiger partial charge in [0.25, 0.3) is 5.92 Å². The zero-order valence-electron chi connectivity index (χ0n) is 12.3. The Morgan fingerprint density at radius 3 is 2.09 bits per heavy atom. The number of alkyl halides is 2. The molecule has 116 valence electrons. The first-order chi connectivity index (χ1) is 10.6. The average molecular weight is 302 g/mol. The topological polar surface area (TPSA) is 29.3 Å². The van der Waals surface area contributed by atoms with E-state index in [0.29, 0.717) is 13.0 Å². The number of nitrogens with two attached hydrogens (primary N) is 1. The molecule has 1 heterocycles. The highest BCUT2D eigenvalue weighted by atomic mass is 19.3. The normalized spacial score (nSPS) is 24.5. The van der Waals surface area contributed by atoms with Crippen LogP contribution >= 0.6 is 0 Å². The standard InChI is InChI=1S/C18H20F2N2/c19-18(20)13-22(12-15-9-5-2-6-10-15)16(17(18)21)11-14-7-3-1-4-8-14/h1-10,16-17H,11-13,21H2. The minimum Gasteiger partial charge on any atom is -0.321 e. The molecule has 0 saturated carbocycles. The van der Waals surface area contributed by atoms with E-state index in [0.717, 1.165) is 11.1 Å². The van der Waals surface area contributed by atoms with Crippen LogP contribution in [0.1, 0.15) is 11.1 Å². The second kappa shape index (κ2) is 6.15. The molecule has 0 spiro atoms. The molecule has 1 aliphatic rings. The molecule has 4 heteroatoms. The van der Waals surface area contributed by atoms with Crippen LogP contribution in [0.5, 0.6) is 0 Å². The molecule has 0 radical (unpaired) electrons.